The van der Waals surface area contributed by atoms with E-state index in [4.69, 9.17) is 4.74 Å². The molecule has 1 N–H and O–H groups in total. The first kappa shape index (κ1) is 16.0. The van der Waals surface area contributed by atoms with Crippen LogP contribution >= 0.6 is 0 Å². The molecule has 0 saturated carbocycles. The first-order valence-corrected chi connectivity index (χ1v) is 7.10. The second-order valence-corrected chi connectivity index (χ2v) is 5.30. The SMILES string of the molecule is COc1ncccc1C(=O)NCc1ccc(CN(C)C)cc1. The number of nitrogens with zero attached hydrogens (tertiary/aromatic N) is 2. The monoisotopic (exact) mass is 299 g/mol. The van der Waals surface area contributed by atoms with Crippen LogP contribution < -0.4 is 10.1 Å². The number of hydrogen-bond donors (Lipinski definition) is 1. The summed E-state index contributed by atoms with van der Waals surface area (Å²) in [5.74, 6) is 0.142. The number of pyridine rings is 1. The Kier molecular flexibility index (Phi) is 5.49. The van der Waals surface area contributed by atoms with Crippen LogP contribution in [0.3, 0.4) is 0 Å². The van der Waals surface area contributed by atoms with Crippen LogP contribution in [0.4, 0.5) is 0 Å². The molecule has 116 valence electrons. The van der Waals surface area contributed by atoms with Crippen molar-refractivity contribution in [3.63, 3.8) is 0 Å². The summed E-state index contributed by atoms with van der Waals surface area (Å²) >= 11 is 0. The first-order chi connectivity index (χ1) is 10.6. The highest BCUT2D eigenvalue weighted by Gasteiger charge is 2.12. The van der Waals surface area contributed by atoms with Crippen LogP contribution in [0.1, 0.15) is 21.5 Å². The Labute approximate surface area is 130 Å². The summed E-state index contributed by atoms with van der Waals surface area (Å²) in [4.78, 5) is 18.3. The van der Waals surface area contributed by atoms with Gasteiger partial charge in [0.15, 0.2) is 0 Å². The van der Waals surface area contributed by atoms with Crippen molar-refractivity contribution in [3.8, 4) is 5.88 Å². The molecule has 0 atom stereocenters. The minimum absolute atomic E-state index is 0.192. The summed E-state index contributed by atoms with van der Waals surface area (Å²) < 4.78 is 5.09. The van der Waals surface area contributed by atoms with E-state index in [2.05, 4.69) is 27.3 Å². The molecule has 1 aromatic carbocycles. The van der Waals surface area contributed by atoms with Gasteiger partial charge in [-0.1, -0.05) is 24.3 Å². The van der Waals surface area contributed by atoms with E-state index in [1.807, 2.05) is 26.2 Å². The summed E-state index contributed by atoms with van der Waals surface area (Å²) in [7, 11) is 5.58. The fourth-order valence-corrected chi connectivity index (χ4v) is 2.13. The first-order valence-electron chi connectivity index (χ1n) is 7.10. The van der Waals surface area contributed by atoms with Crippen molar-refractivity contribution in [1.29, 1.82) is 0 Å². The van der Waals surface area contributed by atoms with Crippen LogP contribution in [0.25, 0.3) is 0 Å². The zero-order valence-electron chi connectivity index (χ0n) is 13.2. The molecule has 0 aliphatic rings. The Bertz CT molecular complexity index is 624. The Hall–Kier alpha value is -2.40. The predicted octanol–water partition coefficient (Wildman–Crippen LogP) is 2.08. The molecule has 0 aliphatic heterocycles. The van der Waals surface area contributed by atoms with Crippen molar-refractivity contribution < 1.29 is 9.53 Å². The summed E-state index contributed by atoms with van der Waals surface area (Å²) in [6, 6.07) is 11.6. The number of carbonyl (C=O) groups excluding carboxylic acids is 1. The molecular weight excluding hydrogens is 278 g/mol. The maximum absolute atomic E-state index is 12.2. The van der Waals surface area contributed by atoms with E-state index in [-0.39, 0.29) is 5.91 Å². The van der Waals surface area contributed by atoms with Gasteiger partial charge in [0.25, 0.3) is 5.91 Å². The van der Waals surface area contributed by atoms with Crippen molar-refractivity contribution in [2.75, 3.05) is 21.2 Å². The van der Waals surface area contributed by atoms with E-state index in [1.165, 1.54) is 12.7 Å². The molecule has 0 fully saturated rings. The van der Waals surface area contributed by atoms with Gasteiger partial charge in [-0.3, -0.25) is 4.79 Å². The largest absolute Gasteiger partial charge is 0.480 e. The standard InChI is InChI=1S/C17H21N3O2/c1-20(2)12-14-8-6-13(7-9-14)11-19-16(21)15-5-4-10-18-17(15)22-3/h4-10H,11-12H2,1-3H3,(H,19,21). The molecule has 1 aromatic heterocycles. The highest BCUT2D eigenvalue weighted by Crippen LogP contribution is 2.13. The Morgan fingerprint density at radius 2 is 1.86 bits per heavy atom. The average Bonchev–Trinajstić information content (AvgIpc) is 2.53. The van der Waals surface area contributed by atoms with Crippen LogP contribution in [0.15, 0.2) is 42.6 Å². The van der Waals surface area contributed by atoms with Crippen LogP contribution in [0, 0.1) is 0 Å². The molecule has 0 unspecified atom stereocenters. The Balaban J connectivity index is 1.96. The van der Waals surface area contributed by atoms with Gasteiger partial charge in [-0.2, -0.15) is 0 Å². The van der Waals surface area contributed by atoms with Gasteiger partial charge in [0.05, 0.1) is 7.11 Å². The molecular formula is C17H21N3O2. The van der Waals surface area contributed by atoms with Crippen LogP contribution in [-0.2, 0) is 13.1 Å². The number of carbonyl (C=O) groups is 1. The highest BCUT2D eigenvalue weighted by molar-refractivity contribution is 5.96. The van der Waals surface area contributed by atoms with Crippen LogP contribution in [-0.4, -0.2) is 37.0 Å². The van der Waals surface area contributed by atoms with Gasteiger partial charge in [0.2, 0.25) is 5.88 Å². The zero-order chi connectivity index (χ0) is 15.9. The lowest BCUT2D eigenvalue weighted by molar-refractivity contribution is 0.0947. The maximum Gasteiger partial charge on any atom is 0.257 e. The van der Waals surface area contributed by atoms with Gasteiger partial charge in [0, 0.05) is 19.3 Å². The van der Waals surface area contributed by atoms with E-state index < -0.39 is 0 Å². The van der Waals surface area contributed by atoms with Gasteiger partial charge in [-0.15, -0.1) is 0 Å². The number of methoxy groups -OCH3 is 1. The third-order valence-electron chi connectivity index (χ3n) is 3.18. The number of hydrogen-bond acceptors (Lipinski definition) is 4. The molecule has 1 amide bonds. The second kappa shape index (κ2) is 7.56. The lowest BCUT2D eigenvalue weighted by Gasteiger charge is -2.11. The highest BCUT2D eigenvalue weighted by atomic mass is 16.5. The minimum atomic E-state index is -0.192. The van der Waals surface area contributed by atoms with Gasteiger partial charge >= 0.3 is 0 Å². The van der Waals surface area contributed by atoms with Crippen molar-refractivity contribution in [3.05, 3.63) is 59.3 Å². The van der Waals surface area contributed by atoms with E-state index in [0.717, 1.165) is 12.1 Å². The fourth-order valence-electron chi connectivity index (χ4n) is 2.13. The number of amides is 1. The van der Waals surface area contributed by atoms with E-state index in [9.17, 15) is 4.79 Å². The average molecular weight is 299 g/mol. The molecule has 2 aromatic rings. The number of nitrogens with one attached hydrogen (secondary N) is 1. The predicted molar refractivity (Wildman–Crippen MR) is 85.8 cm³/mol. The number of ether oxygens (including phenoxy) is 1. The summed E-state index contributed by atoms with van der Waals surface area (Å²) in [5, 5.41) is 2.88. The quantitative estimate of drug-likeness (QED) is 0.887. The lowest BCUT2D eigenvalue weighted by atomic mass is 10.1. The molecule has 0 saturated heterocycles. The molecule has 0 radical (unpaired) electrons. The van der Waals surface area contributed by atoms with Gasteiger partial charge in [-0.05, 0) is 37.4 Å². The summed E-state index contributed by atoms with van der Waals surface area (Å²) in [5.41, 5.74) is 2.74. The van der Waals surface area contributed by atoms with Crippen molar-refractivity contribution in [2.24, 2.45) is 0 Å². The third kappa shape index (κ3) is 4.30. The topological polar surface area (TPSA) is 54.5 Å². The van der Waals surface area contributed by atoms with Crippen LogP contribution in [0.2, 0.25) is 0 Å². The summed E-state index contributed by atoms with van der Waals surface area (Å²) in [6.07, 6.45) is 1.60. The van der Waals surface area contributed by atoms with Crippen molar-refractivity contribution >= 4 is 5.91 Å². The van der Waals surface area contributed by atoms with E-state index in [1.54, 1.807) is 18.3 Å². The fraction of sp³-hybridized carbons (Fsp3) is 0.294. The molecule has 1 heterocycles. The van der Waals surface area contributed by atoms with E-state index >= 15 is 0 Å². The Morgan fingerprint density at radius 3 is 2.50 bits per heavy atom. The second-order valence-electron chi connectivity index (χ2n) is 5.30. The van der Waals surface area contributed by atoms with E-state index in [0.29, 0.717) is 18.0 Å². The van der Waals surface area contributed by atoms with Gasteiger partial charge < -0.3 is 15.0 Å². The van der Waals surface area contributed by atoms with Crippen LogP contribution in [0.5, 0.6) is 5.88 Å². The normalized spacial score (nSPS) is 10.5. The maximum atomic E-state index is 12.2. The molecule has 5 nitrogen and oxygen atoms in total. The van der Waals surface area contributed by atoms with Gasteiger partial charge in [-0.25, -0.2) is 4.98 Å². The molecule has 2 rings (SSSR count). The molecule has 5 heteroatoms. The van der Waals surface area contributed by atoms with Crippen molar-refractivity contribution in [1.82, 2.24) is 15.2 Å². The Morgan fingerprint density at radius 1 is 1.18 bits per heavy atom. The smallest absolute Gasteiger partial charge is 0.257 e. The summed E-state index contributed by atoms with van der Waals surface area (Å²) in [6.45, 7) is 1.37. The minimum Gasteiger partial charge on any atom is -0.480 e. The molecule has 0 bridgehead atoms. The number of benzene rings is 1. The molecule has 0 spiro atoms. The van der Waals surface area contributed by atoms with Crippen molar-refractivity contribution in [2.45, 2.75) is 13.1 Å². The molecule has 22 heavy (non-hydrogen) atoms. The zero-order valence-corrected chi connectivity index (χ0v) is 13.2. The third-order valence-corrected chi connectivity index (χ3v) is 3.18. The number of aromatic nitrogens is 1. The number of rotatable bonds is 6. The molecule has 0 aliphatic carbocycles. The van der Waals surface area contributed by atoms with Gasteiger partial charge in [0.1, 0.15) is 5.56 Å². The lowest BCUT2D eigenvalue weighted by Crippen LogP contribution is -2.23.